The van der Waals surface area contributed by atoms with Crippen molar-refractivity contribution in [3.05, 3.63) is 53.8 Å². The molecule has 6 nitrogen and oxygen atoms in total. The van der Waals surface area contributed by atoms with E-state index in [0.717, 1.165) is 12.1 Å². The third-order valence-corrected chi connectivity index (χ3v) is 5.62. The Bertz CT molecular complexity index is 1050. The first-order chi connectivity index (χ1) is 14.3. The standard InChI is InChI=1S/C21H22F4N4O2/c1-19(2)17(30)29(4)18(26)28-20(19,3)13-11-12(9-10-14(13)22)27-15-7-5-6-8-16(15)31-21(23,24)25/h5-11,27H,1-4H3,(H2,26,28)/t20-/m1/s1. The fourth-order valence-corrected chi connectivity index (χ4v) is 3.49. The van der Waals surface area contributed by atoms with E-state index >= 15 is 0 Å². The zero-order valence-electron chi connectivity index (χ0n) is 17.3. The summed E-state index contributed by atoms with van der Waals surface area (Å²) < 4.78 is 57.0. The number of nitrogens with one attached hydrogen (secondary N) is 1. The third-order valence-electron chi connectivity index (χ3n) is 5.62. The molecule has 1 amide bonds. The first-order valence-electron chi connectivity index (χ1n) is 9.31. The van der Waals surface area contributed by atoms with Crippen LogP contribution in [0, 0.1) is 11.2 Å². The second-order valence-electron chi connectivity index (χ2n) is 7.89. The maximum atomic E-state index is 14.9. The number of nitrogens with two attached hydrogens (primary N) is 1. The second kappa shape index (κ2) is 7.44. The molecule has 166 valence electrons. The highest BCUT2D eigenvalue weighted by atomic mass is 19.4. The highest BCUT2D eigenvalue weighted by molar-refractivity contribution is 6.01. The van der Waals surface area contributed by atoms with E-state index < -0.39 is 28.9 Å². The first kappa shape index (κ1) is 22.4. The van der Waals surface area contributed by atoms with E-state index in [1.807, 2.05) is 0 Å². The van der Waals surface area contributed by atoms with Crippen molar-refractivity contribution in [2.24, 2.45) is 16.1 Å². The lowest BCUT2D eigenvalue weighted by Crippen LogP contribution is -2.58. The lowest BCUT2D eigenvalue weighted by atomic mass is 9.67. The summed E-state index contributed by atoms with van der Waals surface area (Å²) in [5.74, 6) is -1.48. The number of rotatable bonds is 4. The van der Waals surface area contributed by atoms with Crippen LogP contribution in [0.5, 0.6) is 5.75 Å². The number of nitrogens with zero attached hydrogens (tertiary/aromatic N) is 2. The molecule has 3 rings (SSSR count). The summed E-state index contributed by atoms with van der Waals surface area (Å²) in [6.07, 6.45) is -4.87. The molecule has 0 radical (unpaired) electrons. The molecule has 0 saturated carbocycles. The molecular weight excluding hydrogens is 416 g/mol. The largest absolute Gasteiger partial charge is 0.573 e. The number of alkyl halides is 3. The van der Waals surface area contributed by atoms with E-state index in [1.54, 1.807) is 20.8 Å². The van der Waals surface area contributed by atoms with Gasteiger partial charge in [-0.05, 0) is 51.1 Å². The number of ether oxygens (including phenoxy) is 1. The van der Waals surface area contributed by atoms with Crippen molar-refractivity contribution in [1.29, 1.82) is 0 Å². The number of amides is 1. The molecule has 0 fully saturated rings. The molecule has 0 unspecified atom stereocenters. The number of guanidine groups is 1. The van der Waals surface area contributed by atoms with Gasteiger partial charge in [-0.3, -0.25) is 9.69 Å². The van der Waals surface area contributed by atoms with Crippen LogP contribution in [-0.4, -0.2) is 30.2 Å². The Hall–Kier alpha value is -3.30. The second-order valence-corrected chi connectivity index (χ2v) is 7.89. The molecule has 0 spiro atoms. The van der Waals surface area contributed by atoms with Crippen LogP contribution in [0.1, 0.15) is 26.3 Å². The normalized spacial score (nSPS) is 21.0. The quantitative estimate of drug-likeness (QED) is 0.689. The maximum Gasteiger partial charge on any atom is 0.573 e. The third kappa shape index (κ3) is 4.01. The summed E-state index contributed by atoms with van der Waals surface area (Å²) in [4.78, 5) is 18.4. The number of benzene rings is 2. The van der Waals surface area contributed by atoms with Gasteiger partial charge in [-0.25, -0.2) is 9.38 Å². The summed E-state index contributed by atoms with van der Waals surface area (Å²) >= 11 is 0. The molecule has 1 aliphatic heterocycles. The molecule has 3 N–H and O–H groups in total. The van der Waals surface area contributed by atoms with Crippen LogP contribution < -0.4 is 15.8 Å². The zero-order valence-corrected chi connectivity index (χ0v) is 17.3. The Morgan fingerprint density at radius 3 is 2.42 bits per heavy atom. The van der Waals surface area contributed by atoms with E-state index in [-0.39, 0.29) is 28.8 Å². The zero-order chi connectivity index (χ0) is 23.2. The van der Waals surface area contributed by atoms with Crippen LogP contribution in [0.15, 0.2) is 47.5 Å². The van der Waals surface area contributed by atoms with Gasteiger partial charge in [-0.15, -0.1) is 13.2 Å². The summed E-state index contributed by atoms with van der Waals surface area (Å²) in [6, 6.07) is 9.39. The number of para-hydroxylation sites is 2. The molecule has 1 aliphatic rings. The lowest BCUT2D eigenvalue weighted by Gasteiger charge is -2.46. The monoisotopic (exact) mass is 438 g/mol. The van der Waals surface area contributed by atoms with E-state index in [0.29, 0.717) is 0 Å². The van der Waals surface area contributed by atoms with Gasteiger partial charge in [0, 0.05) is 18.3 Å². The number of hydrogen-bond acceptors (Lipinski definition) is 5. The van der Waals surface area contributed by atoms with Crippen molar-refractivity contribution in [2.75, 3.05) is 12.4 Å². The number of aliphatic imine (C=N–C) groups is 1. The van der Waals surface area contributed by atoms with Crippen LogP contribution >= 0.6 is 0 Å². The van der Waals surface area contributed by atoms with Crippen molar-refractivity contribution in [2.45, 2.75) is 32.7 Å². The molecule has 0 saturated heterocycles. The molecule has 2 aromatic carbocycles. The predicted molar refractivity (Wildman–Crippen MR) is 108 cm³/mol. The molecule has 2 aromatic rings. The average molecular weight is 438 g/mol. The molecule has 0 bridgehead atoms. The molecule has 0 aliphatic carbocycles. The topological polar surface area (TPSA) is 80.0 Å². The molecular formula is C21H22F4N4O2. The highest BCUT2D eigenvalue weighted by Crippen LogP contribution is 2.48. The number of carbonyl (C=O) groups excluding carboxylic acids is 1. The summed E-state index contributed by atoms with van der Waals surface area (Å²) in [5, 5.41) is 2.81. The highest BCUT2D eigenvalue weighted by Gasteiger charge is 2.53. The van der Waals surface area contributed by atoms with Gasteiger partial charge in [-0.1, -0.05) is 12.1 Å². The Kier molecular flexibility index (Phi) is 5.37. The van der Waals surface area contributed by atoms with Crippen molar-refractivity contribution in [1.82, 2.24) is 4.90 Å². The Morgan fingerprint density at radius 2 is 1.77 bits per heavy atom. The smallest absolute Gasteiger partial charge is 0.404 e. The Labute approximate surface area is 176 Å². The SMILES string of the molecule is CN1C(=O)C(C)(C)[C@@](C)(c2cc(Nc3ccccc3OC(F)(F)F)ccc2F)N=C1N. The van der Waals surface area contributed by atoms with Crippen LogP contribution in [0.25, 0.3) is 0 Å². The number of carbonyl (C=O) groups is 1. The van der Waals surface area contributed by atoms with Gasteiger partial charge in [0.15, 0.2) is 11.7 Å². The molecule has 10 heteroatoms. The van der Waals surface area contributed by atoms with Crippen molar-refractivity contribution in [3.8, 4) is 5.75 Å². The fourth-order valence-electron chi connectivity index (χ4n) is 3.49. The maximum absolute atomic E-state index is 14.9. The van der Waals surface area contributed by atoms with Gasteiger partial charge >= 0.3 is 6.36 Å². The van der Waals surface area contributed by atoms with Gasteiger partial charge in [-0.2, -0.15) is 0 Å². The summed E-state index contributed by atoms with van der Waals surface area (Å²) in [7, 11) is 1.48. The minimum absolute atomic E-state index is 0.0317. The van der Waals surface area contributed by atoms with E-state index in [9.17, 15) is 22.4 Å². The summed E-state index contributed by atoms with van der Waals surface area (Å²) in [6.45, 7) is 4.86. The van der Waals surface area contributed by atoms with Crippen LogP contribution in [0.4, 0.5) is 28.9 Å². The van der Waals surface area contributed by atoms with Gasteiger partial charge in [0.1, 0.15) is 11.4 Å². The summed E-state index contributed by atoms with van der Waals surface area (Å²) in [5.41, 5.74) is 3.77. The lowest BCUT2D eigenvalue weighted by molar-refractivity contribution is -0.274. The molecule has 31 heavy (non-hydrogen) atoms. The van der Waals surface area contributed by atoms with Gasteiger partial charge in [0.05, 0.1) is 11.1 Å². The predicted octanol–water partition coefficient (Wildman–Crippen LogP) is 4.50. The minimum Gasteiger partial charge on any atom is -0.404 e. The van der Waals surface area contributed by atoms with Crippen LogP contribution in [0.2, 0.25) is 0 Å². The van der Waals surface area contributed by atoms with Gasteiger partial charge in [0.2, 0.25) is 5.91 Å². The van der Waals surface area contributed by atoms with E-state index in [2.05, 4.69) is 15.0 Å². The van der Waals surface area contributed by atoms with Crippen molar-refractivity contribution < 1.29 is 27.1 Å². The Balaban J connectivity index is 2.06. The van der Waals surface area contributed by atoms with E-state index in [1.165, 1.54) is 42.3 Å². The van der Waals surface area contributed by atoms with E-state index in [4.69, 9.17) is 5.73 Å². The average Bonchev–Trinajstić information content (AvgIpc) is 2.67. The Morgan fingerprint density at radius 1 is 1.13 bits per heavy atom. The minimum atomic E-state index is -4.87. The van der Waals surface area contributed by atoms with Crippen LogP contribution in [0.3, 0.4) is 0 Å². The van der Waals surface area contributed by atoms with Crippen molar-refractivity contribution >= 4 is 23.2 Å². The van der Waals surface area contributed by atoms with Crippen LogP contribution in [-0.2, 0) is 10.3 Å². The molecule has 0 aromatic heterocycles. The van der Waals surface area contributed by atoms with Crippen molar-refractivity contribution in [3.63, 3.8) is 0 Å². The van der Waals surface area contributed by atoms with Gasteiger partial charge in [0.25, 0.3) is 0 Å². The number of hydrogen-bond donors (Lipinski definition) is 2. The fraction of sp³-hybridized carbons (Fsp3) is 0.333. The number of anilines is 2. The molecule has 1 heterocycles. The number of halogens is 4. The molecule has 1 atom stereocenters. The van der Waals surface area contributed by atoms with Gasteiger partial charge < -0.3 is 15.8 Å². The first-order valence-corrected chi connectivity index (χ1v) is 9.31.